The van der Waals surface area contributed by atoms with E-state index in [1.54, 1.807) is 19.0 Å². The zero-order chi connectivity index (χ0) is 12.8. The highest BCUT2D eigenvalue weighted by atomic mass is 16.2. The van der Waals surface area contributed by atoms with Crippen LogP contribution in [0.25, 0.3) is 0 Å². The summed E-state index contributed by atoms with van der Waals surface area (Å²) in [6.07, 6.45) is 2.19. The van der Waals surface area contributed by atoms with E-state index in [1.165, 1.54) is 0 Å². The van der Waals surface area contributed by atoms with Crippen molar-refractivity contribution < 1.29 is 4.79 Å². The molecule has 0 bridgehead atoms. The van der Waals surface area contributed by atoms with E-state index in [0.29, 0.717) is 13.1 Å². The fourth-order valence-corrected chi connectivity index (χ4v) is 1.38. The minimum absolute atomic E-state index is 0.153. The second-order valence-corrected chi connectivity index (χ2v) is 5.50. The quantitative estimate of drug-likeness (QED) is 0.701. The summed E-state index contributed by atoms with van der Waals surface area (Å²) in [5.41, 5.74) is 5.88. The maximum atomic E-state index is 11.4. The van der Waals surface area contributed by atoms with Crippen molar-refractivity contribution in [2.75, 3.05) is 40.8 Å². The molecule has 1 amide bonds. The smallest absolute Gasteiger partial charge is 0.236 e. The third-order valence-corrected chi connectivity index (χ3v) is 2.85. The molecule has 0 fully saturated rings. The summed E-state index contributed by atoms with van der Waals surface area (Å²) < 4.78 is 0. The van der Waals surface area contributed by atoms with Gasteiger partial charge in [-0.15, -0.1) is 0 Å². The van der Waals surface area contributed by atoms with Gasteiger partial charge in [0.25, 0.3) is 0 Å². The number of rotatable bonds is 7. The largest absolute Gasteiger partial charge is 0.348 e. The van der Waals surface area contributed by atoms with Crippen molar-refractivity contribution in [3.8, 4) is 0 Å². The summed E-state index contributed by atoms with van der Waals surface area (Å²) in [4.78, 5) is 15.1. The van der Waals surface area contributed by atoms with E-state index in [2.05, 4.69) is 18.7 Å². The maximum absolute atomic E-state index is 11.4. The van der Waals surface area contributed by atoms with Crippen LogP contribution in [0.15, 0.2) is 0 Å². The maximum Gasteiger partial charge on any atom is 0.236 e. The Hall–Kier alpha value is -0.610. The predicted octanol–water partition coefficient (Wildman–Crippen LogP) is 0.772. The van der Waals surface area contributed by atoms with E-state index in [1.807, 2.05) is 7.05 Å². The first-order chi connectivity index (χ1) is 7.28. The van der Waals surface area contributed by atoms with Crippen molar-refractivity contribution in [2.45, 2.75) is 26.7 Å². The Bertz CT molecular complexity index is 214. The lowest BCUT2D eigenvalue weighted by atomic mass is 9.88. The molecule has 16 heavy (non-hydrogen) atoms. The molecule has 0 atom stereocenters. The number of carbonyl (C=O) groups excluding carboxylic acids is 1. The molecule has 0 aromatic heterocycles. The molecule has 0 heterocycles. The summed E-state index contributed by atoms with van der Waals surface area (Å²) in [5.74, 6) is 0.153. The van der Waals surface area contributed by atoms with Crippen LogP contribution in [-0.4, -0.2) is 56.5 Å². The number of nitrogens with zero attached hydrogens (tertiary/aromatic N) is 2. The second kappa shape index (κ2) is 6.86. The van der Waals surface area contributed by atoms with Crippen LogP contribution in [0.3, 0.4) is 0 Å². The van der Waals surface area contributed by atoms with Crippen LogP contribution in [0, 0.1) is 5.41 Å². The molecule has 0 aliphatic heterocycles. The van der Waals surface area contributed by atoms with E-state index in [0.717, 1.165) is 19.4 Å². The first-order valence-corrected chi connectivity index (χ1v) is 5.87. The van der Waals surface area contributed by atoms with Gasteiger partial charge < -0.3 is 10.6 Å². The summed E-state index contributed by atoms with van der Waals surface area (Å²) in [7, 11) is 5.55. The van der Waals surface area contributed by atoms with Crippen LogP contribution in [-0.2, 0) is 4.79 Å². The zero-order valence-electron chi connectivity index (χ0n) is 11.4. The van der Waals surface area contributed by atoms with Gasteiger partial charge in [-0.1, -0.05) is 13.8 Å². The summed E-state index contributed by atoms with van der Waals surface area (Å²) >= 11 is 0. The molecule has 96 valence electrons. The van der Waals surface area contributed by atoms with E-state index in [4.69, 9.17) is 5.73 Å². The molecule has 0 aromatic carbocycles. The average molecular weight is 229 g/mol. The van der Waals surface area contributed by atoms with Crippen LogP contribution < -0.4 is 5.73 Å². The fraction of sp³-hybridized carbons (Fsp3) is 0.917. The fourth-order valence-electron chi connectivity index (χ4n) is 1.38. The van der Waals surface area contributed by atoms with Gasteiger partial charge in [0.1, 0.15) is 0 Å². The Balaban J connectivity index is 3.74. The van der Waals surface area contributed by atoms with Crippen LogP contribution in [0.4, 0.5) is 0 Å². The predicted molar refractivity (Wildman–Crippen MR) is 68.3 cm³/mol. The highest BCUT2D eigenvalue weighted by Crippen LogP contribution is 2.20. The van der Waals surface area contributed by atoms with Crippen LogP contribution in [0.1, 0.15) is 26.7 Å². The van der Waals surface area contributed by atoms with Gasteiger partial charge in [0.15, 0.2) is 0 Å². The average Bonchev–Trinajstić information content (AvgIpc) is 2.17. The van der Waals surface area contributed by atoms with Crippen molar-refractivity contribution in [3.05, 3.63) is 0 Å². The van der Waals surface area contributed by atoms with Gasteiger partial charge >= 0.3 is 0 Å². The van der Waals surface area contributed by atoms with Gasteiger partial charge in [0, 0.05) is 14.1 Å². The summed E-state index contributed by atoms with van der Waals surface area (Å²) in [6, 6.07) is 0. The van der Waals surface area contributed by atoms with Gasteiger partial charge in [-0.25, -0.2) is 0 Å². The van der Waals surface area contributed by atoms with Crippen LogP contribution >= 0.6 is 0 Å². The van der Waals surface area contributed by atoms with Gasteiger partial charge in [0.05, 0.1) is 6.54 Å². The van der Waals surface area contributed by atoms with Crippen molar-refractivity contribution >= 4 is 5.91 Å². The SMILES string of the molecule is CN(CCCC(C)(C)CN)CC(=O)N(C)C. The first kappa shape index (κ1) is 15.4. The summed E-state index contributed by atoms with van der Waals surface area (Å²) in [6.45, 7) is 6.52. The Morgan fingerprint density at radius 1 is 1.25 bits per heavy atom. The number of likely N-dealkylation sites (N-methyl/N-ethyl adjacent to an activating group) is 2. The highest BCUT2D eigenvalue weighted by Gasteiger charge is 2.15. The molecule has 4 nitrogen and oxygen atoms in total. The molecule has 2 N–H and O–H groups in total. The third-order valence-electron chi connectivity index (χ3n) is 2.85. The van der Waals surface area contributed by atoms with E-state index in [-0.39, 0.29) is 11.3 Å². The van der Waals surface area contributed by atoms with E-state index < -0.39 is 0 Å². The third kappa shape index (κ3) is 6.80. The molecular formula is C12H27N3O. The Morgan fingerprint density at radius 2 is 1.81 bits per heavy atom. The molecule has 0 aliphatic rings. The molecule has 0 aromatic rings. The molecule has 0 saturated heterocycles. The standard InChI is InChI=1S/C12H27N3O/c1-12(2,10-13)7-6-8-15(5)9-11(16)14(3)4/h6-10,13H2,1-5H3. The molecule has 0 radical (unpaired) electrons. The van der Waals surface area contributed by atoms with Crippen LogP contribution in [0.2, 0.25) is 0 Å². The van der Waals surface area contributed by atoms with E-state index >= 15 is 0 Å². The van der Waals surface area contributed by atoms with Gasteiger partial charge in [-0.3, -0.25) is 9.69 Å². The minimum atomic E-state index is 0.153. The number of amides is 1. The van der Waals surface area contributed by atoms with Gasteiger partial charge in [-0.2, -0.15) is 0 Å². The lowest BCUT2D eigenvalue weighted by Crippen LogP contribution is -2.35. The number of carbonyl (C=O) groups is 1. The topological polar surface area (TPSA) is 49.6 Å². The normalized spacial score (nSPS) is 11.9. The monoisotopic (exact) mass is 229 g/mol. The molecule has 0 unspecified atom stereocenters. The zero-order valence-corrected chi connectivity index (χ0v) is 11.4. The molecule has 0 saturated carbocycles. The van der Waals surface area contributed by atoms with E-state index in [9.17, 15) is 4.79 Å². The second-order valence-electron chi connectivity index (χ2n) is 5.50. The minimum Gasteiger partial charge on any atom is -0.348 e. The van der Waals surface area contributed by atoms with Crippen LogP contribution in [0.5, 0.6) is 0 Å². The number of hydrogen-bond donors (Lipinski definition) is 1. The first-order valence-electron chi connectivity index (χ1n) is 5.87. The molecular weight excluding hydrogens is 202 g/mol. The molecule has 0 spiro atoms. The van der Waals surface area contributed by atoms with Gasteiger partial charge in [-0.05, 0) is 38.4 Å². The van der Waals surface area contributed by atoms with Crippen molar-refractivity contribution in [3.63, 3.8) is 0 Å². The van der Waals surface area contributed by atoms with Gasteiger partial charge in [0.2, 0.25) is 5.91 Å². The van der Waals surface area contributed by atoms with Crippen molar-refractivity contribution in [2.24, 2.45) is 11.1 Å². The lowest BCUT2D eigenvalue weighted by molar-refractivity contribution is -0.129. The number of hydrogen-bond acceptors (Lipinski definition) is 3. The number of nitrogens with two attached hydrogens (primary N) is 1. The molecule has 4 heteroatoms. The highest BCUT2D eigenvalue weighted by molar-refractivity contribution is 5.77. The lowest BCUT2D eigenvalue weighted by Gasteiger charge is -2.24. The van der Waals surface area contributed by atoms with Crippen molar-refractivity contribution in [1.82, 2.24) is 9.80 Å². The Kier molecular flexibility index (Phi) is 6.60. The van der Waals surface area contributed by atoms with Crippen molar-refractivity contribution in [1.29, 1.82) is 0 Å². The molecule has 0 rings (SSSR count). The summed E-state index contributed by atoms with van der Waals surface area (Å²) in [5, 5.41) is 0. The Labute approximate surface area is 99.8 Å². The Morgan fingerprint density at radius 3 is 2.25 bits per heavy atom. The molecule has 0 aliphatic carbocycles.